The maximum atomic E-state index is 12.4. The number of piperidine rings is 3. The minimum Gasteiger partial charge on any atom is -0.308 e. The molecule has 0 amide bonds. The van der Waals surface area contributed by atoms with Crippen molar-refractivity contribution in [2.75, 3.05) is 26.2 Å². The van der Waals surface area contributed by atoms with E-state index in [2.05, 4.69) is 22.5 Å². The second-order valence-corrected chi connectivity index (χ2v) is 4.79. The molecule has 92 valence electrons. The predicted octanol–water partition coefficient (Wildman–Crippen LogP) is 0.778. The molecule has 0 radical (unpaired) electrons. The molecule has 0 aromatic rings. The van der Waals surface area contributed by atoms with Gasteiger partial charge in [-0.2, -0.15) is 8.78 Å². The van der Waals surface area contributed by atoms with Crippen molar-refractivity contribution < 1.29 is 8.78 Å². The molecule has 0 spiro atoms. The van der Waals surface area contributed by atoms with E-state index >= 15 is 0 Å². The molecule has 2 bridgehead atoms. The summed E-state index contributed by atoms with van der Waals surface area (Å²) in [6.07, 6.45) is 2.34. The summed E-state index contributed by atoms with van der Waals surface area (Å²) < 4.78 is 24.9. The van der Waals surface area contributed by atoms with Crippen LogP contribution in [0.15, 0.2) is 12.2 Å². The van der Waals surface area contributed by atoms with Crippen LogP contribution in [0.1, 0.15) is 12.8 Å². The molecule has 1 unspecified atom stereocenters. The number of nitrogens with two attached hydrogens (primary N) is 1. The molecule has 3 N–H and O–H groups in total. The lowest BCUT2D eigenvalue weighted by Gasteiger charge is -2.47. The summed E-state index contributed by atoms with van der Waals surface area (Å²) in [5.74, 6) is 0.593. The first-order valence-electron chi connectivity index (χ1n) is 5.77. The number of halogens is 2. The van der Waals surface area contributed by atoms with Crippen molar-refractivity contribution in [3.8, 4) is 0 Å². The van der Waals surface area contributed by atoms with E-state index < -0.39 is 12.6 Å². The van der Waals surface area contributed by atoms with E-state index in [1.807, 2.05) is 0 Å². The van der Waals surface area contributed by atoms with Crippen LogP contribution in [0.25, 0.3) is 0 Å². The summed E-state index contributed by atoms with van der Waals surface area (Å²) in [6, 6.07) is -2.90. The summed E-state index contributed by atoms with van der Waals surface area (Å²) >= 11 is 0. The fraction of sp³-hybridized carbons (Fsp3) is 0.818. The minimum absolute atomic E-state index is 0.217. The van der Waals surface area contributed by atoms with Crippen LogP contribution in [-0.2, 0) is 0 Å². The van der Waals surface area contributed by atoms with Crippen molar-refractivity contribution in [3.05, 3.63) is 12.2 Å². The topological polar surface area (TPSA) is 41.3 Å². The second-order valence-electron chi connectivity index (χ2n) is 4.79. The third kappa shape index (κ3) is 2.59. The van der Waals surface area contributed by atoms with E-state index in [0.717, 1.165) is 13.1 Å². The molecule has 3 aliphatic heterocycles. The first-order chi connectivity index (χ1) is 7.47. The highest BCUT2D eigenvalue weighted by Crippen LogP contribution is 2.35. The lowest BCUT2D eigenvalue weighted by Crippen LogP contribution is -2.55. The predicted molar refractivity (Wildman–Crippen MR) is 59.2 cm³/mol. The number of nitrogens with zero attached hydrogens (tertiary/aromatic N) is 1. The van der Waals surface area contributed by atoms with Crippen molar-refractivity contribution in [1.29, 1.82) is 0 Å². The smallest absolute Gasteiger partial charge is 0.308 e. The zero-order chi connectivity index (χ0) is 11.8. The molecule has 0 aromatic heterocycles. The van der Waals surface area contributed by atoms with E-state index in [4.69, 9.17) is 0 Å². The van der Waals surface area contributed by atoms with E-state index in [0.29, 0.717) is 12.5 Å². The van der Waals surface area contributed by atoms with Crippen LogP contribution in [0.4, 0.5) is 8.78 Å². The Morgan fingerprint density at radius 1 is 1.44 bits per heavy atom. The van der Waals surface area contributed by atoms with Crippen LogP contribution in [-0.4, -0.2) is 43.2 Å². The minimum atomic E-state index is -3.12. The number of fused-ring (bicyclic) bond motifs is 3. The van der Waals surface area contributed by atoms with Gasteiger partial charge in [0.25, 0.3) is 0 Å². The van der Waals surface area contributed by atoms with Crippen molar-refractivity contribution in [1.82, 2.24) is 10.2 Å². The summed E-state index contributed by atoms with van der Waals surface area (Å²) in [6.45, 7) is 6.29. The first kappa shape index (κ1) is 12.0. The highest BCUT2D eigenvalue weighted by Gasteiger charge is 2.36. The normalized spacial score (nSPS) is 34.4. The van der Waals surface area contributed by atoms with Gasteiger partial charge in [0.2, 0.25) is 0 Å². The zero-order valence-corrected chi connectivity index (χ0v) is 9.38. The van der Waals surface area contributed by atoms with Crippen molar-refractivity contribution >= 4 is 0 Å². The van der Waals surface area contributed by atoms with E-state index in [1.54, 1.807) is 0 Å². The van der Waals surface area contributed by atoms with Gasteiger partial charge >= 0.3 is 6.05 Å². The fourth-order valence-corrected chi connectivity index (χ4v) is 2.72. The Labute approximate surface area is 94.7 Å². The van der Waals surface area contributed by atoms with Crippen LogP contribution < -0.4 is 11.1 Å². The zero-order valence-electron chi connectivity index (χ0n) is 9.38. The number of hydrogen-bond acceptors (Lipinski definition) is 3. The average Bonchev–Trinajstić information content (AvgIpc) is 2.21. The molecule has 3 nitrogen and oxygen atoms in total. The number of alkyl halides is 2. The summed E-state index contributed by atoms with van der Waals surface area (Å²) in [7, 11) is 0. The molecule has 5 heteroatoms. The Morgan fingerprint density at radius 3 is 2.56 bits per heavy atom. The molecule has 0 aromatic carbocycles. The van der Waals surface area contributed by atoms with E-state index in [1.165, 1.54) is 18.4 Å². The quantitative estimate of drug-likeness (QED) is 0.555. The Balaban J connectivity index is 1.83. The number of nitrogens with one attached hydrogen (secondary N) is 1. The lowest BCUT2D eigenvalue weighted by molar-refractivity contribution is 0.00629. The molecule has 3 rings (SSSR count). The van der Waals surface area contributed by atoms with Gasteiger partial charge in [-0.05, 0) is 31.8 Å². The molecular weight excluding hydrogens is 212 g/mol. The molecular formula is C11H19F2N3. The van der Waals surface area contributed by atoms with Gasteiger partial charge in [-0.25, -0.2) is 0 Å². The van der Waals surface area contributed by atoms with Crippen LogP contribution >= 0.6 is 0 Å². The fourth-order valence-electron chi connectivity index (χ4n) is 2.72. The number of hydrogen-bond donors (Lipinski definition) is 2. The summed E-state index contributed by atoms with van der Waals surface area (Å²) in [5.41, 5.74) is 5.83. The van der Waals surface area contributed by atoms with Crippen LogP contribution in [0.3, 0.4) is 0 Å². The second kappa shape index (κ2) is 4.39. The molecule has 0 saturated carbocycles. The molecule has 16 heavy (non-hydrogen) atoms. The van der Waals surface area contributed by atoms with Crippen LogP contribution in [0, 0.1) is 5.92 Å². The third-order valence-electron chi connectivity index (χ3n) is 3.62. The van der Waals surface area contributed by atoms with Gasteiger partial charge in [0.1, 0.15) is 0 Å². The lowest BCUT2D eigenvalue weighted by atomic mass is 9.79. The Kier molecular flexibility index (Phi) is 3.28. The SMILES string of the molecule is C=C1C2CCN(CC2)C1CNCC(N)(F)F. The Hall–Kier alpha value is -0.520. The Bertz CT molecular complexity index is 267. The maximum Gasteiger partial charge on any atom is 0.312 e. The summed E-state index contributed by atoms with van der Waals surface area (Å²) in [5, 5.41) is 2.73. The van der Waals surface area contributed by atoms with Crippen LogP contribution in [0.5, 0.6) is 0 Å². The molecule has 0 aliphatic carbocycles. The molecule has 3 fully saturated rings. The molecule has 3 saturated heterocycles. The van der Waals surface area contributed by atoms with Gasteiger partial charge in [-0.1, -0.05) is 12.2 Å². The average molecular weight is 231 g/mol. The van der Waals surface area contributed by atoms with Gasteiger partial charge in [0.15, 0.2) is 0 Å². The highest BCUT2D eigenvalue weighted by atomic mass is 19.3. The maximum absolute atomic E-state index is 12.4. The summed E-state index contributed by atoms with van der Waals surface area (Å²) in [4.78, 5) is 2.32. The molecule has 3 aliphatic rings. The molecule has 3 heterocycles. The van der Waals surface area contributed by atoms with Gasteiger partial charge in [-0.15, -0.1) is 0 Å². The van der Waals surface area contributed by atoms with E-state index in [-0.39, 0.29) is 6.04 Å². The number of rotatable bonds is 4. The van der Waals surface area contributed by atoms with Crippen LogP contribution in [0.2, 0.25) is 0 Å². The van der Waals surface area contributed by atoms with Crippen molar-refractivity contribution in [2.45, 2.75) is 24.9 Å². The van der Waals surface area contributed by atoms with Crippen molar-refractivity contribution in [2.24, 2.45) is 11.7 Å². The largest absolute Gasteiger partial charge is 0.312 e. The Morgan fingerprint density at radius 2 is 2.06 bits per heavy atom. The first-order valence-corrected chi connectivity index (χ1v) is 5.77. The van der Waals surface area contributed by atoms with Gasteiger partial charge in [0.05, 0.1) is 6.54 Å². The van der Waals surface area contributed by atoms with E-state index in [9.17, 15) is 8.78 Å². The van der Waals surface area contributed by atoms with Gasteiger partial charge in [-0.3, -0.25) is 10.6 Å². The monoisotopic (exact) mass is 231 g/mol. The standard InChI is InChI=1S/C11H19F2N3/c1-8-9-2-4-16(5-3-9)10(8)6-15-7-11(12,13)14/h9-10,15H,1-7,14H2. The van der Waals surface area contributed by atoms with Gasteiger partial charge < -0.3 is 5.32 Å². The van der Waals surface area contributed by atoms with Crippen molar-refractivity contribution in [3.63, 3.8) is 0 Å². The molecule has 1 atom stereocenters. The third-order valence-corrected chi connectivity index (χ3v) is 3.62. The highest BCUT2D eigenvalue weighted by molar-refractivity contribution is 5.17. The van der Waals surface area contributed by atoms with Gasteiger partial charge in [0, 0.05) is 12.6 Å².